The molecule has 0 fully saturated rings. The second-order valence-corrected chi connectivity index (χ2v) is 10.5. The molecule has 0 spiro atoms. The zero-order valence-corrected chi connectivity index (χ0v) is 24.2. The van der Waals surface area contributed by atoms with Crippen LogP contribution in [0.4, 0.5) is 24.5 Å². The number of hydrogen-bond donors (Lipinski definition) is 3. The highest BCUT2D eigenvalue weighted by molar-refractivity contribution is 6.06. The van der Waals surface area contributed by atoms with Crippen LogP contribution in [0.25, 0.3) is 21.5 Å². The van der Waals surface area contributed by atoms with Crippen LogP contribution in [-0.2, 0) is 22.4 Å². The summed E-state index contributed by atoms with van der Waals surface area (Å²) in [5.74, 6) is -3.29. The minimum Gasteiger partial charge on any atom is -0.325 e. The van der Waals surface area contributed by atoms with Crippen LogP contribution >= 0.6 is 0 Å². The molecule has 4 aromatic heterocycles. The maximum Gasteiger partial charge on any atom is 0.471 e. The number of benzene rings is 2. The number of alkyl halides is 3. The number of aromatic nitrogens is 6. The number of carbonyl (C=O) groups excluding carboxylic acids is 2. The molecular formula is C32H23F3N8O4. The van der Waals surface area contributed by atoms with Crippen molar-refractivity contribution in [3.8, 4) is 0 Å². The van der Waals surface area contributed by atoms with Crippen molar-refractivity contribution in [2.45, 2.75) is 19.0 Å². The lowest BCUT2D eigenvalue weighted by molar-refractivity contribution is -0.170. The molecule has 3 N–H and O–H groups in total. The number of halogens is 3. The van der Waals surface area contributed by atoms with E-state index in [1.807, 2.05) is 0 Å². The average molecular weight is 641 g/mol. The predicted octanol–water partition coefficient (Wildman–Crippen LogP) is 3.67. The van der Waals surface area contributed by atoms with Gasteiger partial charge in [0.15, 0.2) is 0 Å². The van der Waals surface area contributed by atoms with Crippen LogP contribution in [0.2, 0.25) is 0 Å². The first kappa shape index (κ1) is 30.8. The maximum atomic E-state index is 13.7. The normalized spacial score (nSPS) is 11.5. The van der Waals surface area contributed by atoms with Gasteiger partial charge in [-0.3, -0.25) is 34.0 Å². The summed E-state index contributed by atoms with van der Waals surface area (Å²) in [6.07, 6.45) is 1.75. The topological polar surface area (TPSA) is 167 Å². The number of H-pyrrole nitrogens is 2. The van der Waals surface area contributed by atoms with E-state index in [1.165, 1.54) is 24.3 Å². The number of anilines is 2. The van der Waals surface area contributed by atoms with Gasteiger partial charge in [0.25, 0.3) is 11.1 Å². The molecule has 6 rings (SSSR count). The van der Waals surface area contributed by atoms with Crippen LogP contribution in [-0.4, -0.2) is 54.9 Å². The third-order valence-corrected chi connectivity index (χ3v) is 7.35. The zero-order chi connectivity index (χ0) is 33.1. The smallest absolute Gasteiger partial charge is 0.325 e. The first-order chi connectivity index (χ1) is 22.6. The Kier molecular flexibility index (Phi) is 8.27. The number of rotatable bonds is 8. The summed E-state index contributed by atoms with van der Waals surface area (Å²) in [5, 5.41) is 16.5. The second kappa shape index (κ2) is 12.6. The lowest BCUT2D eigenvalue weighted by Crippen LogP contribution is -2.45. The fourth-order valence-corrected chi connectivity index (χ4v) is 5.11. The van der Waals surface area contributed by atoms with E-state index >= 15 is 0 Å². The van der Waals surface area contributed by atoms with E-state index in [1.54, 1.807) is 55.1 Å². The van der Waals surface area contributed by atoms with Crippen LogP contribution in [0.3, 0.4) is 0 Å². The highest BCUT2D eigenvalue weighted by Gasteiger charge is 2.43. The number of amides is 2. The molecule has 0 aliphatic heterocycles. The Bertz CT molecular complexity index is 2240. The molecule has 0 bridgehead atoms. The molecular weight excluding hydrogens is 617 g/mol. The summed E-state index contributed by atoms with van der Waals surface area (Å²) in [6, 6.07) is 15.2. The molecule has 0 radical (unpaired) electrons. The molecule has 15 heteroatoms. The lowest BCUT2D eigenvalue weighted by atomic mass is 10.0. The third kappa shape index (κ3) is 6.73. The third-order valence-electron chi connectivity index (χ3n) is 7.35. The average Bonchev–Trinajstić information content (AvgIpc) is 3.06. The highest BCUT2D eigenvalue weighted by Crippen LogP contribution is 2.28. The van der Waals surface area contributed by atoms with Gasteiger partial charge in [-0.15, -0.1) is 0 Å². The van der Waals surface area contributed by atoms with Crippen LogP contribution in [0.15, 0.2) is 95.0 Å². The quantitative estimate of drug-likeness (QED) is 0.227. The van der Waals surface area contributed by atoms with E-state index in [4.69, 9.17) is 0 Å². The van der Waals surface area contributed by atoms with Gasteiger partial charge in [-0.25, -0.2) is 10.2 Å². The van der Waals surface area contributed by atoms with Gasteiger partial charge in [0, 0.05) is 59.8 Å². The van der Waals surface area contributed by atoms with Crippen molar-refractivity contribution < 1.29 is 22.8 Å². The van der Waals surface area contributed by atoms with Gasteiger partial charge < -0.3 is 5.32 Å². The molecule has 236 valence electrons. The summed E-state index contributed by atoms with van der Waals surface area (Å²) in [5.41, 5.74) is 1.26. The van der Waals surface area contributed by atoms with E-state index in [0.29, 0.717) is 35.0 Å². The Balaban J connectivity index is 1.28. The van der Waals surface area contributed by atoms with Crippen molar-refractivity contribution >= 4 is 44.7 Å². The number of nitrogens with one attached hydrogen (secondary N) is 3. The van der Waals surface area contributed by atoms with Crippen molar-refractivity contribution in [3.63, 3.8) is 0 Å². The number of aromatic amines is 2. The van der Waals surface area contributed by atoms with E-state index in [2.05, 4.69) is 35.7 Å². The summed E-state index contributed by atoms with van der Waals surface area (Å²) in [7, 11) is 0. The van der Waals surface area contributed by atoms with E-state index < -0.39 is 35.7 Å². The SMILES string of the molecule is O=C(CN(C(=O)C(F)(F)F)c1ccc2c(Cc3ccncc3)n[nH]c(=O)c2c1)Nc1ccc2c(Cc3ccncc3)n[nH]c(=O)c2c1. The molecule has 2 amide bonds. The molecule has 12 nitrogen and oxygen atoms in total. The molecule has 4 heterocycles. The molecule has 0 aliphatic carbocycles. The van der Waals surface area contributed by atoms with E-state index in [0.717, 1.165) is 17.2 Å². The number of carbonyl (C=O) groups is 2. The van der Waals surface area contributed by atoms with Crippen molar-refractivity contribution in [2.24, 2.45) is 0 Å². The molecule has 0 aliphatic rings. The van der Waals surface area contributed by atoms with Gasteiger partial charge in [-0.2, -0.15) is 23.4 Å². The molecule has 0 saturated carbocycles. The van der Waals surface area contributed by atoms with Gasteiger partial charge in [0.05, 0.1) is 22.2 Å². The van der Waals surface area contributed by atoms with Crippen molar-refractivity contribution in [1.82, 2.24) is 30.4 Å². The van der Waals surface area contributed by atoms with Gasteiger partial charge >= 0.3 is 12.1 Å². The first-order valence-electron chi connectivity index (χ1n) is 14.1. The summed E-state index contributed by atoms with van der Waals surface area (Å²) in [4.78, 5) is 59.1. The van der Waals surface area contributed by atoms with E-state index in [-0.39, 0.29) is 27.0 Å². The van der Waals surface area contributed by atoms with Crippen LogP contribution < -0.4 is 21.3 Å². The molecule has 6 aromatic rings. The molecule has 0 saturated heterocycles. The second-order valence-electron chi connectivity index (χ2n) is 10.5. The summed E-state index contributed by atoms with van der Waals surface area (Å²) >= 11 is 0. The maximum absolute atomic E-state index is 13.7. The molecule has 0 unspecified atom stereocenters. The van der Waals surface area contributed by atoms with Crippen molar-refractivity contribution in [3.05, 3.63) is 129 Å². The Morgan fingerprint density at radius 3 is 1.74 bits per heavy atom. The van der Waals surface area contributed by atoms with Crippen molar-refractivity contribution in [2.75, 3.05) is 16.8 Å². The largest absolute Gasteiger partial charge is 0.471 e. The highest BCUT2D eigenvalue weighted by atomic mass is 19.4. The van der Waals surface area contributed by atoms with Crippen LogP contribution in [0.1, 0.15) is 22.5 Å². The Morgan fingerprint density at radius 1 is 0.702 bits per heavy atom. The fraction of sp³-hybridized carbons (Fsp3) is 0.125. The van der Waals surface area contributed by atoms with Crippen LogP contribution in [0, 0.1) is 0 Å². The number of hydrogen-bond acceptors (Lipinski definition) is 8. The first-order valence-corrected chi connectivity index (χ1v) is 14.1. The molecule has 2 aromatic carbocycles. The standard InChI is InChI=1S/C32H23F3N8O4/c33-32(34,35)31(47)43(21-2-4-23-25(16-21)30(46)42-40-27(23)14-19-7-11-37-12-8-19)17-28(44)38-20-1-3-22-24(15-20)29(45)41-39-26(22)13-18-5-9-36-10-6-18/h1-12,15-16H,13-14,17H2,(H,38,44)(H,41,45)(H,42,46). The summed E-state index contributed by atoms with van der Waals surface area (Å²) in [6.45, 7) is -1.05. The number of fused-ring (bicyclic) bond motifs is 2. The number of nitrogens with zero attached hydrogens (tertiary/aromatic N) is 5. The van der Waals surface area contributed by atoms with Crippen molar-refractivity contribution in [1.29, 1.82) is 0 Å². The number of pyridine rings is 2. The lowest BCUT2D eigenvalue weighted by Gasteiger charge is -2.24. The van der Waals surface area contributed by atoms with Gasteiger partial charge in [0.2, 0.25) is 5.91 Å². The predicted molar refractivity (Wildman–Crippen MR) is 166 cm³/mol. The Morgan fingerprint density at radius 2 is 1.21 bits per heavy atom. The fourth-order valence-electron chi connectivity index (χ4n) is 5.11. The van der Waals surface area contributed by atoms with Crippen LogP contribution in [0.5, 0.6) is 0 Å². The molecule has 47 heavy (non-hydrogen) atoms. The molecule has 0 atom stereocenters. The monoisotopic (exact) mass is 640 g/mol. The summed E-state index contributed by atoms with van der Waals surface area (Å²) < 4.78 is 41.2. The van der Waals surface area contributed by atoms with Gasteiger partial charge in [0.1, 0.15) is 6.54 Å². The van der Waals surface area contributed by atoms with E-state index in [9.17, 15) is 32.3 Å². The van der Waals surface area contributed by atoms with Gasteiger partial charge in [-0.1, -0.05) is 12.1 Å². The van der Waals surface area contributed by atoms with Gasteiger partial charge in [-0.05, 0) is 59.7 Å². The minimum absolute atomic E-state index is 0.0214. The Hall–Kier alpha value is -6.25. The minimum atomic E-state index is -5.33. The zero-order valence-electron chi connectivity index (χ0n) is 24.2. The Labute approximate surface area is 262 Å².